The minimum Gasteiger partial charge on any atom is -0.397 e. The summed E-state index contributed by atoms with van der Waals surface area (Å²) in [5, 5.41) is -0.146. The van der Waals surface area contributed by atoms with Crippen LogP contribution in [0.25, 0.3) is 11.1 Å². The average molecular weight is 291 g/mol. The fraction of sp³-hybridized carbons (Fsp3) is 0.0833. The molecule has 0 saturated heterocycles. The molecule has 0 bridgehead atoms. The maximum atomic E-state index is 13.3. The molecular formula is C12H7ClF4N2. The number of pyridine rings is 1. The molecule has 0 aliphatic carbocycles. The van der Waals surface area contributed by atoms with Gasteiger partial charge in [-0.05, 0) is 18.2 Å². The van der Waals surface area contributed by atoms with Crippen molar-refractivity contribution >= 4 is 17.3 Å². The largest absolute Gasteiger partial charge is 0.417 e. The van der Waals surface area contributed by atoms with E-state index >= 15 is 0 Å². The molecule has 7 heteroatoms. The fourth-order valence-corrected chi connectivity index (χ4v) is 1.87. The van der Waals surface area contributed by atoms with E-state index in [9.17, 15) is 17.6 Å². The molecule has 1 aromatic carbocycles. The molecule has 0 radical (unpaired) electrons. The summed E-state index contributed by atoms with van der Waals surface area (Å²) in [7, 11) is 0. The van der Waals surface area contributed by atoms with Crippen LogP contribution in [0.5, 0.6) is 0 Å². The van der Waals surface area contributed by atoms with Crippen molar-refractivity contribution in [3.05, 3.63) is 47.0 Å². The van der Waals surface area contributed by atoms with Crippen LogP contribution in [0.1, 0.15) is 5.56 Å². The SMILES string of the molecule is Nc1c(Cl)cc(F)cc1-c1cnccc1C(F)(F)F. The summed E-state index contributed by atoms with van der Waals surface area (Å²) in [6.07, 6.45) is -2.61. The standard InChI is InChI=1S/C12H7ClF4N2/c13-10-4-6(14)3-7(11(10)18)8-5-19-2-1-9(8)12(15,16)17/h1-5H,18H2. The molecule has 0 spiro atoms. The topological polar surface area (TPSA) is 38.9 Å². The first-order valence-electron chi connectivity index (χ1n) is 5.07. The Bertz CT molecular complexity index is 626. The van der Waals surface area contributed by atoms with Gasteiger partial charge in [-0.2, -0.15) is 13.2 Å². The summed E-state index contributed by atoms with van der Waals surface area (Å²) in [4.78, 5) is 3.61. The van der Waals surface area contributed by atoms with Crippen molar-refractivity contribution in [1.82, 2.24) is 4.98 Å². The Hall–Kier alpha value is -1.82. The van der Waals surface area contributed by atoms with Crippen molar-refractivity contribution in [3.63, 3.8) is 0 Å². The van der Waals surface area contributed by atoms with E-state index in [0.29, 0.717) is 0 Å². The minimum absolute atomic E-state index is 0.124. The summed E-state index contributed by atoms with van der Waals surface area (Å²) in [5.74, 6) is -0.772. The van der Waals surface area contributed by atoms with E-state index in [-0.39, 0.29) is 21.8 Å². The van der Waals surface area contributed by atoms with Crippen LogP contribution >= 0.6 is 11.6 Å². The van der Waals surface area contributed by atoms with Crippen molar-refractivity contribution < 1.29 is 17.6 Å². The van der Waals surface area contributed by atoms with Crippen LogP contribution in [0.15, 0.2) is 30.6 Å². The Morgan fingerprint density at radius 3 is 2.47 bits per heavy atom. The van der Waals surface area contributed by atoms with Crippen molar-refractivity contribution in [2.75, 3.05) is 5.73 Å². The molecule has 1 heterocycles. The van der Waals surface area contributed by atoms with Gasteiger partial charge in [-0.1, -0.05) is 11.6 Å². The smallest absolute Gasteiger partial charge is 0.397 e. The fourth-order valence-electron chi connectivity index (χ4n) is 1.66. The highest BCUT2D eigenvalue weighted by molar-refractivity contribution is 6.33. The highest BCUT2D eigenvalue weighted by Gasteiger charge is 2.34. The molecule has 0 amide bonds. The monoisotopic (exact) mass is 290 g/mol. The Kier molecular flexibility index (Phi) is 3.36. The maximum Gasteiger partial charge on any atom is 0.417 e. The molecule has 0 fully saturated rings. The van der Waals surface area contributed by atoms with Gasteiger partial charge in [0.05, 0.1) is 16.3 Å². The Balaban J connectivity index is 2.73. The van der Waals surface area contributed by atoms with E-state index in [1.165, 1.54) is 0 Å². The number of hydrogen-bond donors (Lipinski definition) is 1. The second-order valence-electron chi connectivity index (χ2n) is 3.77. The number of rotatable bonds is 1. The lowest BCUT2D eigenvalue weighted by Gasteiger charge is -2.14. The zero-order valence-electron chi connectivity index (χ0n) is 9.30. The first kappa shape index (κ1) is 13.6. The molecule has 2 aromatic rings. The molecule has 0 aliphatic rings. The Morgan fingerprint density at radius 2 is 1.84 bits per heavy atom. The van der Waals surface area contributed by atoms with Gasteiger partial charge in [0.25, 0.3) is 0 Å². The van der Waals surface area contributed by atoms with E-state index in [4.69, 9.17) is 17.3 Å². The second-order valence-corrected chi connectivity index (χ2v) is 4.18. The number of anilines is 1. The zero-order chi connectivity index (χ0) is 14.2. The van der Waals surface area contributed by atoms with E-state index in [0.717, 1.165) is 30.6 Å². The van der Waals surface area contributed by atoms with Gasteiger partial charge in [-0.15, -0.1) is 0 Å². The van der Waals surface area contributed by atoms with Crippen LogP contribution in [0.3, 0.4) is 0 Å². The van der Waals surface area contributed by atoms with Gasteiger partial charge in [0.1, 0.15) is 5.82 Å². The zero-order valence-corrected chi connectivity index (χ0v) is 10.1. The molecule has 0 saturated carbocycles. The van der Waals surface area contributed by atoms with Crippen LogP contribution in [0, 0.1) is 5.82 Å². The third-order valence-electron chi connectivity index (χ3n) is 2.51. The maximum absolute atomic E-state index is 13.3. The van der Waals surface area contributed by atoms with E-state index in [1.807, 2.05) is 0 Å². The van der Waals surface area contributed by atoms with Crippen molar-refractivity contribution in [2.24, 2.45) is 0 Å². The van der Waals surface area contributed by atoms with Gasteiger partial charge in [0.2, 0.25) is 0 Å². The summed E-state index contributed by atoms with van der Waals surface area (Å²) in [6.45, 7) is 0. The predicted molar refractivity (Wildman–Crippen MR) is 64.1 cm³/mol. The number of nitrogens with two attached hydrogens (primary N) is 1. The lowest BCUT2D eigenvalue weighted by atomic mass is 10.00. The number of nitrogen functional groups attached to an aromatic ring is 1. The summed E-state index contributed by atoms with van der Waals surface area (Å²) in [5.41, 5.74) is 4.09. The van der Waals surface area contributed by atoms with Crippen molar-refractivity contribution in [1.29, 1.82) is 0 Å². The molecule has 2 N–H and O–H groups in total. The molecular weight excluding hydrogens is 284 g/mol. The minimum atomic E-state index is -4.59. The van der Waals surface area contributed by atoms with Crippen LogP contribution in [-0.4, -0.2) is 4.98 Å². The van der Waals surface area contributed by atoms with E-state index in [1.54, 1.807) is 0 Å². The molecule has 2 rings (SSSR count). The molecule has 2 nitrogen and oxygen atoms in total. The Morgan fingerprint density at radius 1 is 1.16 bits per heavy atom. The lowest BCUT2D eigenvalue weighted by Crippen LogP contribution is -2.08. The van der Waals surface area contributed by atoms with Gasteiger partial charge in [0, 0.05) is 23.5 Å². The first-order chi connectivity index (χ1) is 8.80. The normalized spacial score (nSPS) is 11.6. The van der Waals surface area contributed by atoms with Crippen LogP contribution in [-0.2, 0) is 6.18 Å². The number of alkyl halides is 3. The molecule has 100 valence electrons. The van der Waals surface area contributed by atoms with Gasteiger partial charge in [0.15, 0.2) is 0 Å². The number of nitrogens with zero attached hydrogens (tertiary/aromatic N) is 1. The second kappa shape index (κ2) is 4.70. The number of halogens is 5. The first-order valence-corrected chi connectivity index (χ1v) is 5.44. The third-order valence-corrected chi connectivity index (χ3v) is 2.82. The number of aromatic nitrogens is 1. The molecule has 1 aromatic heterocycles. The highest BCUT2D eigenvalue weighted by Crippen LogP contribution is 2.40. The lowest BCUT2D eigenvalue weighted by molar-refractivity contribution is -0.137. The van der Waals surface area contributed by atoms with Crippen molar-refractivity contribution in [3.8, 4) is 11.1 Å². The number of benzene rings is 1. The van der Waals surface area contributed by atoms with Gasteiger partial charge in [-0.3, -0.25) is 4.98 Å². The Labute approximate surface area is 110 Å². The van der Waals surface area contributed by atoms with Crippen molar-refractivity contribution in [2.45, 2.75) is 6.18 Å². The summed E-state index contributed by atoms with van der Waals surface area (Å²) < 4.78 is 51.9. The quantitative estimate of drug-likeness (QED) is 0.633. The average Bonchev–Trinajstić information content (AvgIpc) is 2.33. The molecule has 0 atom stereocenters. The third kappa shape index (κ3) is 2.63. The van der Waals surface area contributed by atoms with Crippen LogP contribution in [0.2, 0.25) is 5.02 Å². The summed E-state index contributed by atoms with van der Waals surface area (Å²) in [6, 6.07) is 2.63. The predicted octanol–water partition coefficient (Wildman–Crippen LogP) is 4.14. The van der Waals surface area contributed by atoms with E-state index < -0.39 is 17.6 Å². The number of hydrogen-bond acceptors (Lipinski definition) is 2. The molecule has 0 aliphatic heterocycles. The van der Waals surface area contributed by atoms with Crippen LogP contribution in [0.4, 0.5) is 23.2 Å². The van der Waals surface area contributed by atoms with E-state index in [2.05, 4.69) is 4.98 Å². The molecule has 0 unspecified atom stereocenters. The molecule has 19 heavy (non-hydrogen) atoms. The van der Waals surface area contributed by atoms with Crippen LogP contribution < -0.4 is 5.73 Å². The highest BCUT2D eigenvalue weighted by atomic mass is 35.5. The van der Waals surface area contributed by atoms with Gasteiger partial charge >= 0.3 is 6.18 Å². The van der Waals surface area contributed by atoms with Gasteiger partial charge in [-0.25, -0.2) is 4.39 Å². The van der Waals surface area contributed by atoms with Gasteiger partial charge < -0.3 is 5.73 Å². The summed E-state index contributed by atoms with van der Waals surface area (Å²) >= 11 is 5.67.